The van der Waals surface area contributed by atoms with E-state index in [-0.39, 0.29) is 24.8 Å². The van der Waals surface area contributed by atoms with Gasteiger partial charge in [-0.3, -0.25) is 9.59 Å². The molecule has 0 radical (unpaired) electrons. The molecule has 0 unspecified atom stereocenters. The minimum absolute atomic E-state index is 0.0595. The zero-order valence-corrected chi connectivity index (χ0v) is 14.1. The molecule has 1 aromatic rings. The van der Waals surface area contributed by atoms with Gasteiger partial charge in [0.15, 0.2) is 11.5 Å². The fourth-order valence-electron chi connectivity index (χ4n) is 2.97. The number of rotatable bonds is 4. The summed E-state index contributed by atoms with van der Waals surface area (Å²) in [5.41, 5.74) is 0.637. The topological polar surface area (TPSA) is 96.4 Å². The van der Waals surface area contributed by atoms with Crippen molar-refractivity contribution in [2.45, 2.75) is 19.4 Å². The number of carbonyl (C=O) groups is 3. The molecule has 8 nitrogen and oxygen atoms in total. The summed E-state index contributed by atoms with van der Waals surface area (Å²) in [5, 5.41) is 9.04. The van der Waals surface area contributed by atoms with Crippen LogP contribution in [0.25, 0.3) is 0 Å². The minimum Gasteiger partial charge on any atom is -0.486 e. The van der Waals surface area contributed by atoms with Gasteiger partial charge in [-0.2, -0.15) is 0 Å². The fourth-order valence-corrected chi connectivity index (χ4v) is 2.97. The first-order chi connectivity index (χ1) is 11.9. The molecule has 1 saturated heterocycles. The van der Waals surface area contributed by atoms with Crippen LogP contribution in [0.4, 0.5) is 5.69 Å². The number of nitrogens with zero attached hydrogens (tertiary/aromatic N) is 2. The number of carboxylic acid groups (broad SMARTS) is 1. The monoisotopic (exact) mass is 348 g/mol. The third-order valence-electron chi connectivity index (χ3n) is 4.60. The number of anilines is 1. The number of hydrogen-bond acceptors (Lipinski definition) is 5. The van der Waals surface area contributed by atoms with Gasteiger partial charge < -0.3 is 24.4 Å². The molecule has 0 aliphatic carbocycles. The summed E-state index contributed by atoms with van der Waals surface area (Å²) in [4.78, 5) is 38.6. The van der Waals surface area contributed by atoms with E-state index in [1.807, 2.05) is 0 Å². The molecule has 2 aliphatic rings. The van der Waals surface area contributed by atoms with Crippen molar-refractivity contribution in [1.82, 2.24) is 4.90 Å². The van der Waals surface area contributed by atoms with Crippen LogP contribution in [0.3, 0.4) is 0 Å². The lowest BCUT2D eigenvalue weighted by Gasteiger charge is -2.25. The van der Waals surface area contributed by atoms with Crippen molar-refractivity contribution >= 4 is 23.5 Å². The fraction of sp³-hybridized carbons (Fsp3) is 0.471. The van der Waals surface area contributed by atoms with Crippen molar-refractivity contribution in [1.29, 1.82) is 0 Å². The first-order valence-electron chi connectivity index (χ1n) is 8.08. The average molecular weight is 348 g/mol. The van der Waals surface area contributed by atoms with E-state index in [2.05, 4.69) is 0 Å². The van der Waals surface area contributed by atoms with E-state index in [0.717, 1.165) is 0 Å². The Hall–Kier alpha value is -2.77. The Kier molecular flexibility index (Phi) is 4.52. The minimum atomic E-state index is -1.08. The molecule has 134 valence electrons. The summed E-state index contributed by atoms with van der Waals surface area (Å²) in [5.74, 6) is -0.960. The van der Waals surface area contributed by atoms with Crippen molar-refractivity contribution in [3.63, 3.8) is 0 Å². The third-order valence-corrected chi connectivity index (χ3v) is 4.60. The molecule has 2 amide bonds. The molecule has 2 atom stereocenters. The molecule has 0 bridgehead atoms. The molecule has 2 aliphatic heterocycles. The lowest BCUT2D eigenvalue weighted by molar-refractivity contribution is -0.149. The van der Waals surface area contributed by atoms with Crippen LogP contribution in [0.2, 0.25) is 0 Å². The predicted molar refractivity (Wildman–Crippen MR) is 87.8 cm³/mol. The predicted octanol–water partition coefficient (Wildman–Crippen LogP) is 0.742. The maximum absolute atomic E-state index is 12.5. The standard InChI is InChI=1S/C17H20N2O6/c1-10(17(22)23)18(2)16(21)11-7-15(20)19(9-11)12-3-4-13-14(8-12)25-6-5-24-13/h3-4,8,10-11H,5-7,9H2,1-2H3,(H,22,23)/t10-,11+/m1/s1. The largest absolute Gasteiger partial charge is 0.486 e. The number of carboxylic acids is 1. The Morgan fingerprint density at radius 1 is 1.28 bits per heavy atom. The van der Waals surface area contributed by atoms with Crippen LogP contribution in [-0.2, 0) is 14.4 Å². The summed E-state index contributed by atoms with van der Waals surface area (Å²) >= 11 is 0. The molecule has 1 aromatic carbocycles. The van der Waals surface area contributed by atoms with E-state index in [1.54, 1.807) is 18.2 Å². The van der Waals surface area contributed by atoms with Gasteiger partial charge in [-0.1, -0.05) is 0 Å². The Labute approximate surface area is 144 Å². The second-order valence-corrected chi connectivity index (χ2v) is 6.20. The Morgan fingerprint density at radius 2 is 1.96 bits per heavy atom. The zero-order chi connectivity index (χ0) is 18.1. The van der Waals surface area contributed by atoms with Gasteiger partial charge >= 0.3 is 5.97 Å². The molecule has 25 heavy (non-hydrogen) atoms. The van der Waals surface area contributed by atoms with Crippen LogP contribution in [-0.4, -0.2) is 60.6 Å². The van der Waals surface area contributed by atoms with E-state index in [4.69, 9.17) is 14.6 Å². The maximum Gasteiger partial charge on any atom is 0.326 e. The highest BCUT2D eigenvalue weighted by Gasteiger charge is 2.38. The van der Waals surface area contributed by atoms with Gasteiger partial charge in [0.05, 0.1) is 5.92 Å². The average Bonchev–Trinajstić information content (AvgIpc) is 3.01. The normalized spacial score (nSPS) is 20.3. The van der Waals surface area contributed by atoms with Crippen LogP contribution in [0.1, 0.15) is 13.3 Å². The number of hydrogen-bond donors (Lipinski definition) is 1. The number of ether oxygens (including phenoxy) is 2. The van der Waals surface area contributed by atoms with E-state index in [1.165, 1.54) is 23.8 Å². The smallest absolute Gasteiger partial charge is 0.326 e. The Morgan fingerprint density at radius 3 is 2.64 bits per heavy atom. The molecular weight excluding hydrogens is 328 g/mol. The Bertz CT molecular complexity index is 719. The number of aliphatic carboxylic acids is 1. The van der Waals surface area contributed by atoms with E-state index >= 15 is 0 Å². The second-order valence-electron chi connectivity index (χ2n) is 6.20. The molecule has 8 heteroatoms. The molecule has 3 rings (SSSR count). The summed E-state index contributed by atoms with van der Waals surface area (Å²) in [7, 11) is 1.44. The lowest BCUT2D eigenvalue weighted by Crippen LogP contribution is -2.43. The van der Waals surface area contributed by atoms with Gasteiger partial charge in [-0.15, -0.1) is 0 Å². The van der Waals surface area contributed by atoms with Crippen LogP contribution < -0.4 is 14.4 Å². The Balaban J connectivity index is 1.74. The van der Waals surface area contributed by atoms with Crippen molar-refractivity contribution in [2.75, 3.05) is 31.7 Å². The first kappa shape index (κ1) is 17.1. The SMILES string of the molecule is C[C@H](C(=O)O)N(C)C(=O)[C@H]1CC(=O)N(c2ccc3c(c2)OCCO3)C1. The molecule has 2 heterocycles. The van der Waals surface area contributed by atoms with Crippen LogP contribution in [0.5, 0.6) is 11.5 Å². The highest BCUT2D eigenvalue weighted by atomic mass is 16.6. The van der Waals surface area contributed by atoms with Crippen LogP contribution in [0, 0.1) is 5.92 Å². The third kappa shape index (κ3) is 3.24. The number of carbonyl (C=O) groups excluding carboxylic acids is 2. The maximum atomic E-state index is 12.5. The summed E-state index contributed by atoms with van der Waals surface area (Å²) in [6.45, 7) is 2.59. The van der Waals surface area contributed by atoms with Gasteiger partial charge in [0.2, 0.25) is 11.8 Å². The lowest BCUT2D eigenvalue weighted by atomic mass is 10.1. The number of likely N-dealkylation sites (N-methyl/N-ethyl adjacent to an activating group) is 1. The molecule has 0 aromatic heterocycles. The summed E-state index contributed by atoms with van der Waals surface area (Å²) in [6.07, 6.45) is 0.0595. The van der Waals surface area contributed by atoms with Crippen LogP contribution >= 0.6 is 0 Å². The van der Waals surface area contributed by atoms with Gasteiger partial charge in [0, 0.05) is 31.8 Å². The summed E-state index contributed by atoms with van der Waals surface area (Å²) < 4.78 is 11.0. The molecule has 1 N–H and O–H groups in total. The van der Waals surface area contributed by atoms with Crippen molar-refractivity contribution in [3.05, 3.63) is 18.2 Å². The highest BCUT2D eigenvalue weighted by molar-refractivity contribution is 6.01. The van der Waals surface area contributed by atoms with Crippen molar-refractivity contribution < 1.29 is 29.0 Å². The van der Waals surface area contributed by atoms with E-state index < -0.39 is 17.9 Å². The van der Waals surface area contributed by atoms with E-state index in [9.17, 15) is 14.4 Å². The highest BCUT2D eigenvalue weighted by Crippen LogP contribution is 2.36. The van der Waals surface area contributed by atoms with Gasteiger partial charge in [0.1, 0.15) is 19.3 Å². The van der Waals surface area contributed by atoms with Gasteiger partial charge in [-0.05, 0) is 19.1 Å². The van der Waals surface area contributed by atoms with Crippen LogP contribution in [0.15, 0.2) is 18.2 Å². The van der Waals surface area contributed by atoms with E-state index in [0.29, 0.717) is 30.4 Å². The quantitative estimate of drug-likeness (QED) is 0.862. The summed E-state index contributed by atoms with van der Waals surface area (Å²) in [6, 6.07) is 4.28. The second kappa shape index (κ2) is 6.62. The molecule has 0 saturated carbocycles. The molecule has 0 spiro atoms. The molecular formula is C17H20N2O6. The number of amides is 2. The van der Waals surface area contributed by atoms with Gasteiger partial charge in [-0.25, -0.2) is 4.79 Å². The van der Waals surface area contributed by atoms with Crippen molar-refractivity contribution in [3.8, 4) is 11.5 Å². The molecule has 1 fully saturated rings. The zero-order valence-electron chi connectivity index (χ0n) is 14.1. The van der Waals surface area contributed by atoms with Crippen molar-refractivity contribution in [2.24, 2.45) is 5.92 Å². The number of fused-ring (bicyclic) bond motifs is 1. The van der Waals surface area contributed by atoms with Gasteiger partial charge in [0.25, 0.3) is 0 Å². The number of benzene rings is 1. The first-order valence-corrected chi connectivity index (χ1v) is 8.08.